The van der Waals surface area contributed by atoms with Gasteiger partial charge in [0.1, 0.15) is 0 Å². The Bertz CT molecular complexity index is 2360. The fourth-order valence-electron chi connectivity index (χ4n) is 7.87. The van der Waals surface area contributed by atoms with Crippen LogP contribution < -0.4 is 25.5 Å². The summed E-state index contributed by atoms with van der Waals surface area (Å²) in [7, 11) is 0. The van der Waals surface area contributed by atoms with E-state index in [0.717, 1.165) is 0 Å². The van der Waals surface area contributed by atoms with Crippen LogP contribution in [0.5, 0.6) is 0 Å². The molecule has 0 bridgehead atoms. The quantitative estimate of drug-likeness (QED) is 0.173. The van der Waals surface area contributed by atoms with Crippen LogP contribution in [0.4, 0.5) is 33.4 Å². The smallest absolute Gasteiger partial charge is 0.266 e. The lowest BCUT2D eigenvalue weighted by molar-refractivity contribution is 0.590. The zero-order valence-corrected chi connectivity index (χ0v) is 26.7. The second-order valence-electron chi connectivity index (χ2n) is 13.4. The normalized spacial score (nSPS) is 14.2. The predicted molar refractivity (Wildman–Crippen MR) is 194 cm³/mol. The third-order valence-electron chi connectivity index (χ3n) is 9.79. The largest absolute Gasteiger partial charge is 0.309 e. The maximum absolute atomic E-state index is 2.60. The molecule has 0 N–H and O–H groups in total. The first kappa shape index (κ1) is 25.1. The van der Waals surface area contributed by atoms with Crippen LogP contribution in [0.3, 0.4) is 0 Å². The first-order chi connectivity index (χ1) is 21.4. The molecular weight excluding hydrogens is 571 g/mol. The summed E-state index contributed by atoms with van der Waals surface area (Å²) in [4.78, 5) is 5.16. The number of thiophene rings is 2. The Morgan fingerprint density at radius 1 is 0.636 bits per heavy atom. The van der Waals surface area contributed by atoms with Gasteiger partial charge in [-0.25, -0.2) is 0 Å². The molecule has 0 aliphatic carbocycles. The van der Waals surface area contributed by atoms with E-state index in [1.165, 1.54) is 91.6 Å². The van der Waals surface area contributed by atoms with Crippen LogP contribution in [0.15, 0.2) is 103 Å². The number of benzene rings is 5. The number of rotatable bonds is 1. The van der Waals surface area contributed by atoms with Crippen LogP contribution in [0, 0.1) is 6.92 Å². The topological polar surface area (TPSA) is 6.48 Å². The molecule has 0 atom stereocenters. The third-order valence-corrected chi connectivity index (χ3v) is 12.2. The summed E-state index contributed by atoms with van der Waals surface area (Å²) in [5.74, 6) is 0. The minimum Gasteiger partial charge on any atom is -0.309 e. The molecule has 3 aliphatic heterocycles. The molecule has 5 heteroatoms. The lowest BCUT2D eigenvalue weighted by Crippen LogP contribution is -2.60. The average molecular weight is 601 g/mol. The minimum absolute atomic E-state index is 0.106. The summed E-state index contributed by atoms with van der Waals surface area (Å²) in [6, 6.07) is 39.1. The van der Waals surface area contributed by atoms with Crippen molar-refractivity contribution in [3.63, 3.8) is 0 Å². The monoisotopic (exact) mass is 600 g/mol. The molecule has 5 aromatic carbocycles. The maximum atomic E-state index is 2.60. The van der Waals surface area contributed by atoms with Crippen LogP contribution in [0.2, 0.25) is 0 Å². The van der Waals surface area contributed by atoms with E-state index >= 15 is 0 Å². The van der Waals surface area contributed by atoms with Crippen LogP contribution in [-0.2, 0) is 5.41 Å². The van der Waals surface area contributed by atoms with Gasteiger partial charge in [0.15, 0.2) is 0 Å². The van der Waals surface area contributed by atoms with Gasteiger partial charge in [0, 0.05) is 42.2 Å². The van der Waals surface area contributed by atoms with Crippen LogP contribution >= 0.6 is 22.7 Å². The molecule has 0 amide bonds. The van der Waals surface area contributed by atoms with Crippen LogP contribution in [0.1, 0.15) is 31.9 Å². The molecule has 210 valence electrons. The van der Waals surface area contributed by atoms with Crippen LogP contribution in [0.25, 0.3) is 31.3 Å². The van der Waals surface area contributed by atoms with Crippen molar-refractivity contribution in [3.05, 3.63) is 114 Å². The Morgan fingerprint density at radius 3 is 2.16 bits per heavy atom. The average Bonchev–Trinajstić information content (AvgIpc) is 3.60. The second-order valence-corrected chi connectivity index (χ2v) is 15.6. The van der Waals surface area contributed by atoms with Gasteiger partial charge in [-0.2, -0.15) is 0 Å². The van der Waals surface area contributed by atoms with Crippen molar-refractivity contribution in [2.75, 3.05) is 9.80 Å². The van der Waals surface area contributed by atoms with Gasteiger partial charge < -0.3 is 9.80 Å². The summed E-state index contributed by atoms with van der Waals surface area (Å²) in [6.07, 6.45) is 0. The fourth-order valence-corrected chi connectivity index (χ4v) is 10.5. The number of para-hydroxylation sites is 1. The summed E-state index contributed by atoms with van der Waals surface area (Å²) in [6.45, 7) is 9.31. The Balaban J connectivity index is 1.35. The molecular formula is C39H29BN2S2. The fraction of sp³-hybridized carbons (Fsp3) is 0.128. The summed E-state index contributed by atoms with van der Waals surface area (Å²) >= 11 is 3.93. The Labute approximate surface area is 265 Å². The van der Waals surface area contributed by atoms with E-state index in [1.807, 2.05) is 22.7 Å². The van der Waals surface area contributed by atoms with Crippen molar-refractivity contribution in [2.45, 2.75) is 33.1 Å². The lowest BCUT2D eigenvalue weighted by Gasteiger charge is -2.43. The molecule has 3 aliphatic rings. The maximum Gasteiger partial charge on any atom is 0.266 e. The molecule has 0 spiro atoms. The molecule has 0 saturated heterocycles. The number of anilines is 6. The minimum atomic E-state index is 0.106. The summed E-state index contributed by atoms with van der Waals surface area (Å²) in [5, 5.41) is 4.13. The predicted octanol–water partition coefficient (Wildman–Crippen LogP) is 9.78. The van der Waals surface area contributed by atoms with Gasteiger partial charge >= 0.3 is 0 Å². The lowest BCUT2D eigenvalue weighted by atomic mass is 9.36. The van der Waals surface area contributed by atoms with Crippen molar-refractivity contribution < 1.29 is 0 Å². The first-order valence-electron chi connectivity index (χ1n) is 15.4. The van der Waals surface area contributed by atoms with Gasteiger partial charge in [0.25, 0.3) is 6.71 Å². The highest BCUT2D eigenvalue weighted by molar-refractivity contribution is 7.35. The Hall–Kier alpha value is -4.32. The van der Waals surface area contributed by atoms with Gasteiger partial charge in [-0.3, -0.25) is 0 Å². The van der Waals surface area contributed by atoms with Crippen molar-refractivity contribution >= 4 is 98.7 Å². The molecule has 0 fully saturated rings. The van der Waals surface area contributed by atoms with Crippen LogP contribution in [-0.4, -0.2) is 6.71 Å². The number of hydrogen-bond donors (Lipinski definition) is 0. The molecule has 44 heavy (non-hydrogen) atoms. The summed E-state index contributed by atoms with van der Waals surface area (Å²) < 4.78 is 4.19. The van der Waals surface area contributed by atoms with Crippen molar-refractivity contribution in [3.8, 4) is 11.1 Å². The number of nitrogens with zero attached hydrogens (tertiary/aromatic N) is 2. The molecule has 10 rings (SSSR count). The van der Waals surface area contributed by atoms with Crippen molar-refractivity contribution in [1.82, 2.24) is 0 Å². The standard InChI is InChI=1S/C39H29BN2S2/c1-22-20-29-35-30(21-22)42-28-13-7-5-10-25(28)26-12-9-15-32-33(26)36(42)37(43-32)40(35)34-27-11-6-8-14-31(27)44-38(34)41(29)24-18-16-23(17-19-24)39(2,3)4/h5-21H,1-4H3. The highest BCUT2D eigenvalue weighted by atomic mass is 32.1. The van der Waals surface area contributed by atoms with E-state index in [2.05, 4.69) is 141 Å². The highest BCUT2D eigenvalue weighted by Crippen LogP contribution is 2.55. The zero-order chi connectivity index (χ0) is 29.5. The van der Waals surface area contributed by atoms with Gasteiger partial charge in [0.05, 0.1) is 16.4 Å². The molecule has 0 radical (unpaired) electrons. The molecule has 0 saturated carbocycles. The van der Waals surface area contributed by atoms with Gasteiger partial charge in [-0.1, -0.05) is 81.4 Å². The van der Waals surface area contributed by atoms with Gasteiger partial charge in [-0.05, 0) is 87.8 Å². The Kier molecular flexibility index (Phi) is 4.81. The number of hydrogen-bond acceptors (Lipinski definition) is 4. The van der Waals surface area contributed by atoms with E-state index < -0.39 is 0 Å². The summed E-state index contributed by atoms with van der Waals surface area (Å²) in [5.41, 5.74) is 14.8. The molecule has 7 aromatic rings. The second kappa shape index (κ2) is 8.44. The number of aryl methyl sites for hydroxylation is 1. The van der Waals surface area contributed by atoms with E-state index in [-0.39, 0.29) is 12.1 Å². The number of fused-ring (bicyclic) bond motifs is 9. The van der Waals surface area contributed by atoms with Crippen molar-refractivity contribution in [1.29, 1.82) is 0 Å². The van der Waals surface area contributed by atoms with E-state index in [1.54, 1.807) is 0 Å². The highest BCUT2D eigenvalue weighted by Gasteiger charge is 2.48. The van der Waals surface area contributed by atoms with E-state index in [9.17, 15) is 0 Å². The molecule has 0 unspecified atom stereocenters. The SMILES string of the molecule is Cc1cc2c3c(c1)N1c4ccccc4-c4cccc5sc(c1c45)B3c1c(sc3ccccc13)N2c1ccc(C(C)(C)C)cc1. The van der Waals surface area contributed by atoms with Gasteiger partial charge in [-0.15, -0.1) is 22.7 Å². The third kappa shape index (κ3) is 3.11. The van der Waals surface area contributed by atoms with Gasteiger partial charge in [0.2, 0.25) is 0 Å². The van der Waals surface area contributed by atoms with E-state index in [0.29, 0.717) is 0 Å². The zero-order valence-electron chi connectivity index (χ0n) is 25.1. The van der Waals surface area contributed by atoms with E-state index in [4.69, 9.17) is 0 Å². The molecule has 2 aromatic heterocycles. The molecule has 2 nitrogen and oxygen atoms in total. The van der Waals surface area contributed by atoms with Crippen molar-refractivity contribution in [2.24, 2.45) is 0 Å². The molecule has 5 heterocycles. The first-order valence-corrected chi connectivity index (χ1v) is 17.0. The Morgan fingerprint density at radius 2 is 1.34 bits per heavy atom.